The van der Waals surface area contributed by atoms with E-state index in [-0.39, 0.29) is 17.7 Å². The first kappa shape index (κ1) is 14.9. The molecule has 2 amide bonds. The standard InChI is InChI=1S/C16H18ClN3O2/c1-19-12-5-3-2-4-11(12)13(17)14(19)16(22)20-8-6-10(7-9-20)15(18)21/h2-5,10H,6-9H2,1H3,(H2,18,21). The summed E-state index contributed by atoms with van der Waals surface area (Å²) < 4.78 is 1.83. The smallest absolute Gasteiger partial charge is 0.272 e. The number of likely N-dealkylation sites (tertiary alicyclic amines) is 1. The Kier molecular flexibility index (Phi) is 3.83. The number of nitrogens with two attached hydrogens (primary N) is 1. The van der Waals surface area contributed by atoms with Gasteiger partial charge in [0.25, 0.3) is 5.91 Å². The lowest BCUT2D eigenvalue weighted by atomic mass is 9.96. The van der Waals surface area contributed by atoms with Crippen LogP contribution in [0.15, 0.2) is 24.3 Å². The molecule has 0 unspecified atom stereocenters. The third kappa shape index (κ3) is 2.35. The number of fused-ring (bicyclic) bond motifs is 1. The number of nitrogens with zero attached hydrogens (tertiary/aromatic N) is 2. The SMILES string of the molecule is Cn1c(C(=O)N2CCC(C(N)=O)CC2)c(Cl)c2ccccc21. The Balaban J connectivity index is 1.89. The van der Waals surface area contributed by atoms with Crippen LogP contribution in [0.25, 0.3) is 10.9 Å². The molecule has 22 heavy (non-hydrogen) atoms. The normalized spacial score (nSPS) is 16.2. The van der Waals surface area contributed by atoms with E-state index < -0.39 is 0 Å². The highest BCUT2D eigenvalue weighted by Gasteiger charge is 2.29. The third-order valence-electron chi connectivity index (χ3n) is 4.43. The number of aryl methyl sites for hydroxylation is 1. The van der Waals surface area contributed by atoms with Gasteiger partial charge in [0.05, 0.1) is 5.02 Å². The van der Waals surface area contributed by atoms with Gasteiger partial charge >= 0.3 is 0 Å². The Bertz CT molecular complexity index is 706. The van der Waals surface area contributed by atoms with Crippen molar-refractivity contribution in [1.29, 1.82) is 0 Å². The van der Waals surface area contributed by atoms with Crippen LogP contribution >= 0.6 is 11.6 Å². The fraction of sp³-hybridized carbons (Fsp3) is 0.375. The van der Waals surface area contributed by atoms with Crippen molar-refractivity contribution < 1.29 is 9.59 Å². The number of hydrogen-bond acceptors (Lipinski definition) is 2. The molecule has 0 bridgehead atoms. The van der Waals surface area contributed by atoms with E-state index in [1.165, 1.54) is 0 Å². The minimum Gasteiger partial charge on any atom is -0.369 e. The fourth-order valence-electron chi connectivity index (χ4n) is 3.10. The number of aromatic nitrogens is 1. The van der Waals surface area contributed by atoms with Crippen molar-refractivity contribution in [2.24, 2.45) is 18.7 Å². The average Bonchev–Trinajstić information content (AvgIpc) is 2.79. The first-order chi connectivity index (χ1) is 10.5. The summed E-state index contributed by atoms with van der Waals surface area (Å²) in [6.07, 6.45) is 1.23. The Morgan fingerprint density at radius 1 is 1.23 bits per heavy atom. The minimum atomic E-state index is -0.283. The van der Waals surface area contributed by atoms with Gasteiger partial charge in [0.15, 0.2) is 0 Å². The monoisotopic (exact) mass is 319 g/mol. The van der Waals surface area contributed by atoms with Gasteiger partial charge in [-0.05, 0) is 18.9 Å². The zero-order valence-electron chi connectivity index (χ0n) is 12.4. The highest BCUT2D eigenvalue weighted by Crippen LogP contribution is 2.31. The maximum absolute atomic E-state index is 12.8. The molecule has 1 fully saturated rings. The molecule has 0 atom stereocenters. The maximum Gasteiger partial charge on any atom is 0.272 e. The number of para-hydroxylation sites is 1. The van der Waals surface area contributed by atoms with Gasteiger partial charge in [-0.1, -0.05) is 29.8 Å². The van der Waals surface area contributed by atoms with E-state index in [1.807, 2.05) is 35.9 Å². The molecular formula is C16H18ClN3O2. The molecule has 6 heteroatoms. The lowest BCUT2D eigenvalue weighted by Gasteiger charge is -2.30. The van der Waals surface area contributed by atoms with Crippen LogP contribution in [-0.2, 0) is 11.8 Å². The first-order valence-corrected chi connectivity index (χ1v) is 7.70. The van der Waals surface area contributed by atoms with Gasteiger partial charge in [-0.15, -0.1) is 0 Å². The Labute approximate surface area is 133 Å². The molecule has 1 saturated heterocycles. The predicted molar refractivity (Wildman–Crippen MR) is 85.8 cm³/mol. The molecule has 1 aliphatic heterocycles. The molecule has 2 aromatic rings. The number of rotatable bonds is 2. The highest BCUT2D eigenvalue weighted by atomic mass is 35.5. The predicted octanol–water partition coefficient (Wildman–Crippen LogP) is 2.17. The second kappa shape index (κ2) is 5.65. The molecule has 0 aliphatic carbocycles. The van der Waals surface area contributed by atoms with E-state index in [0.717, 1.165) is 10.9 Å². The maximum atomic E-state index is 12.8. The Hall–Kier alpha value is -2.01. The van der Waals surface area contributed by atoms with Crippen molar-refractivity contribution in [2.45, 2.75) is 12.8 Å². The minimum absolute atomic E-state index is 0.0911. The summed E-state index contributed by atoms with van der Waals surface area (Å²) in [5.41, 5.74) is 6.77. The molecule has 3 rings (SSSR count). The zero-order chi connectivity index (χ0) is 15.9. The Morgan fingerprint density at radius 3 is 2.45 bits per heavy atom. The molecule has 2 heterocycles. The van der Waals surface area contributed by atoms with Crippen LogP contribution in [-0.4, -0.2) is 34.4 Å². The van der Waals surface area contributed by atoms with E-state index >= 15 is 0 Å². The number of primary amides is 1. The second-order valence-corrected chi connectivity index (χ2v) is 6.09. The van der Waals surface area contributed by atoms with Crippen LogP contribution in [0.1, 0.15) is 23.3 Å². The largest absolute Gasteiger partial charge is 0.369 e. The van der Waals surface area contributed by atoms with Gasteiger partial charge in [-0.25, -0.2) is 0 Å². The molecular weight excluding hydrogens is 302 g/mol. The van der Waals surface area contributed by atoms with Crippen LogP contribution < -0.4 is 5.73 Å². The number of piperidine rings is 1. The summed E-state index contributed by atoms with van der Waals surface area (Å²) in [5, 5.41) is 1.36. The number of carbonyl (C=O) groups excluding carboxylic acids is 2. The van der Waals surface area contributed by atoms with E-state index in [0.29, 0.717) is 36.6 Å². The van der Waals surface area contributed by atoms with Crippen LogP contribution in [0.2, 0.25) is 5.02 Å². The van der Waals surface area contributed by atoms with E-state index in [2.05, 4.69) is 0 Å². The number of amides is 2. The molecule has 1 aromatic carbocycles. The lowest BCUT2D eigenvalue weighted by molar-refractivity contribution is -0.123. The van der Waals surface area contributed by atoms with Gasteiger partial charge in [-0.3, -0.25) is 9.59 Å². The molecule has 5 nitrogen and oxygen atoms in total. The molecule has 0 spiro atoms. The molecule has 0 saturated carbocycles. The van der Waals surface area contributed by atoms with Crippen LogP contribution in [0.5, 0.6) is 0 Å². The van der Waals surface area contributed by atoms with Crippen molar-refractivity contribution >= 4 is 34.3 Å². The number of hydrogen-bond donors (Lipinski definition) is 1. The first-order valence-electron chi connectivity index (χ1n) is 7.32. The molecule has 2 N–H and O–H groups in total. The topological polar surface area (TPSA) is 68.3 Å². The van der Waals surface area contributed by atoms with E-state index in [4.69, 9.17) is 17.3 Å². The van der Waals surface area contributed by atoms with Gasteiger partial charge < -0.3 is 15.2 Å². The molecule has 0 radical (unpaired) electrons. The van der Waals surface area contributed by atoms with E-state index in [9.17, 15) is 9.59 Å². The Morgan fingerprint density at radius 2 is 1.86 bits per heavy atom. The van der Waals surface area contributed by atoms with Crippen LogP contribution in [0.4, 0.5) is 0 Å². The van der Waals surface area contributed by atoms with Crippen molar-refractivity contribution in [1.82, 2.24) is 9.47 Å². The number of carbonyl (C=O) groups is 2. The molecule has 1 aromatic heterocycles. The summed E-state index contributed by atoms with van der Waals surface area (Å²) in [4.78, 5) is 25.8. The van der Waals surface area contributed by atoms with Crippen molar-refractivity contribution in [3.05, 3.63) is 35.0 Å². The summed E-state index contributed by atoms with van der Waals surface area (Å²) in [5.74, 6) is -0.506. The summed E-state index contributed by atoms with van der Waals surface area (Å²) >= 11 is 6.41. The van der Waals surface area contributed by atoms with Crippen molar-refractivity contribution in [2.75, 3.05) is 13.1 Å². The summed E-state index contributed by atoms with van der Waals surface area (Å²) in [7, 11) is 1.84. The summed E-state index contributed by atoms with van der Waals surface area (Å²) in [6.45, 7) is 1.06. The quantitative estimate of drug-likeness (QED) is 0.921. The highest BCUT2D eigenvalue weighted by molar-refractivity contribution is 6.38. The molecule has 1 aliphatic rings. The van der Waals surface area contributed by atoms with Gasteiger partial charge in [-0.2, -0.15) is 0 Å². The van der Waals surface area contributed by atoms with Gasteiger partial charge in [0.1, 0.15) is 5.69 Å². The third-order valence-corrected chi connectivity index (χ3v) is 4.81. The van der Waals surface area contributed by atoms with Crippen LogP contribution in [0.3, 0.4) is 0 Å². The number of benzene rings is 1. The van der Waals surface area contributed by atoms with E-state index in [1.54, 1.807) is 4.90 Å². The fourth-order valence-corrected chi connectivity index (χ4v) is 3.47. The van der Waals surface area contributed by atoms with Gasteiger partial charge in [0.2, 0.25) is 5.91 Å². The van der Waals surface area contributed by atoms with Crippen molar-refractivity contribution in [3.8, 4) is 0 Å². The van der Waals surface area contributed by atoms with Crippen molar-refractivity contribution in [3.63, 3.8) is 0 Å². The number of halogens is 1. The van der Waals surface area contributed by atoms with Gasteiger partial charge in [0, 0.05) is 37.0 Å². The zero-order valence-corrected chi connectivity index (χ0v) is 13.1. The molecule has 116 valence electrons. The summed E-state index contributed by atoms with van der Waals surface area (Å²) in [6, 6.07) is 7.68. The van der Waals surface area contributed by atoms with Crippen LogP contribution in [0, 0.1) is 5.92 Å². The second-order valence-electron chi connectivity index (χ2n) is 5.71. The average molecular weight is 320 g/mol. The lowest BCUT2D eigenvalue weighted by Crippen LogP contribution is -2.42.